The second-order valence-electron chi connectivity index (χ2n) is 8.23. The van der Waals surface area contributed by atoms with Gasteiger partial charge >= 0.3 is 5.97 Å². The molecule has 2 aliphatic rings. The largest absolute Gasteiger partial charge is 0.445 e. The molecule has 3 heterocycles. The van der Waals surface area contributed by atoms with Crippen LogP contribution < -0.4 is 5.32 Å². The number of aromatic nitrogens is 1. The van der Waals surface area contributed by atoms with Crippen LogP contribution in [-0.4, -0.2) is 46.4 Å². The van der Waals surface area contributed by atoms with Crippen molar-refractivity contribution in [2.24, 2.45) is 5.92 Å². The molecule has 1 fully saturated rings. The van der Waals surface area contributed by atoms with Crippen LogP contribution in [0.2, 0.25) is 0 Å². The number of piperidine rings is 1. The molecular weight excluding hydrogens is 382 g/mol. The Balaban J connectivity index is 1.37. The van der Waals surface area contributed by atoms with E-state index in [-0.39, 0.29) is 17.7 Å². The molecule has 2 aliphatic heterocycles. The van der Waals surface area contributed by atoms with Gasteiger partial charge in [0.25, 0.3) is 5.91 Å². The maximum Gasteiger partial charge on any atom is 0.339 e. The van der Waals surface area contributed by atoms with Crippen molar-refractivity contribution in [2.45, 2.75) is 38.7 Å². The summed E-state index contributed by atoms with van der Waals surface area (Å²) in [5, 5.41) is 2.86. The molecule has 1 aromatic heterocycles. The Hall–Kier alpha value is -3.22. The summed E-state index contributed by atoms with van der Waals surface area (Å²) in [6, 6.07) is 10.9. The number of cyclic esters (lactones) is 1. The molecule has 1 aromatic carbocycles. The summed E-state index contributed by atoms with van der Waals surface area (Å²) in [7, 11) is 0. The molecule has 1 N–H and O–H groups in total. The Labute approximate surface area is 175 Å². The van der Waals surface area contributed by atoms with Gasteiger partial charge in [0.2, 0.25) is 5.91 Å². The lowest BCUT2D eigenvalue weighted by molar-refractivity contribution is -0.153. The number of benzene rings is 1. The van der Waals surface area contributed by atoms with Gasteiger partial charge in [0.15, 0.2) is 5.60 Å². The molecule has 2 amide bonds. The maximum absolute atomic E-state index is 13.2. The van der Waals surface area contributed by atoms with Crippen molar-refractivity contribution in [2.75, 3.05) is 18.4 Å². The number of likely N-dealkylation sites (tertiary alicyclic amines) is 1. The Morgan fingerprint density at radius 2 is 1.93 bits per heavy atom. The van der Waals surface area contributed by atoms with Gasteiger partial charge in [-0.1, -0.05) is 18.2 Å². The van der Waals surface area contributed by atoms with Crippen LogP contribution in [0.4, 0.5) is 5.82 Å². The van der Waals surface area contributed by atoms with Gasteiger partial charge in [-0.2, -0.15) is 0 Å². The second kappa shape index (κ2) is 7.89. The van der Waals surface area contributed by atoms with E-state index in [0.29, 0.717) is 43.7 Å². The first-order chi connectivity index (χ1) is 14.4. The molecule has 1 atom stereocenters. The van der Waals surface area contributed by atoms with Crippen LogP contribution >= 0.6 is 0 Å². The third kappa shape index (κ3) is 3.92. The minimum absolute atomic E-state index is 0.0792. The summed E-state index contributed by atoms with van der Waals surface area (Å²) in [6.45, 7) is 4.52. The number of ether oxygens (including phenoxy) is 1. The fourth-order valence-corrected chi connectivity index (χ4v) is 4.16. The smallest absolute Gasteiger partial charge is 0.339 e. The van der Waals surface area contributed by atoms with Crippen LogP contribution in [0, 0.1) is 12.8 Å². The van der Waals surface area contributed by atoms with Crippen LogP contribution in [0.15, 0.2) is 42.6 Å². The second-order valence-corrected chi connectivity index (χ2v) is 8.23. The van der Waals surface area contributed by atoms with Crippen molar-refractivity contribution in [1.82, 2.24) is 9.88 Å². The van der Waals surface area contributed by atoms with Crippen molar-refractivity contribution >= 4 is 23.6 Å². The molecule has 4 rings (SSSR count). The molecule has 0 saturated carbocycles. The molecule has 1 unspecified atom stereocenters. The highest BCUT2D eigenvalue weighted by molar-refractivity contribution is 5.97. The van der Waals surface area contributed by atoms with E-state index in [2.05, 4.69) is 10.3 Å². The number of hydrogen-bond acceptors (Lipinski definition) is 5. The Morgan fingerprint density at radius 3 is 2.67 bits per heavy atom. The van der Waals surface area contributed by atoms with Gasteiger partial charge in [0, 0.05) is 31.6 Å². The molecule has 7 nitrogen and oxygen atoms in total. The highest BCUT2D eigenvalue weighted by Gasteiger charge is 2.45. The number of aryl methyl sites for hydroxylation is 1. The third-order valence-electron chi connectivity index (χ3n) is 5.86. The molecular formula is C23H25N3O4. The number of nitrogens with zero attached hydrogens (tertiary/aromatic N) is 2. The summed E-state index contributed by atoms with van der Waals surface area (Å²) >= 11 is 0. The molecule has 0 bridgehead atoms. The predicted molar refractivity (Wildman–Crippen MR) is 111 cm³/mol. The molecule has 0 radical (unpaired) electrons. The zero-order valence-electron chi connectivity index (χ0n) is 17.2. The molecule has 30 heavy (non-hydrogen) atoms. The fraction of sp³-hybridized carbons (Fsp3) is 0.391. The molecule has 0 spiro atoms. The first kappa shape index (κ1) is 20.1. The minimum atomic E-state index is -1.22. The van der Waals surface area contributed by atoms with Gasteiger partial charge < -0.3 is 15.0 Å². The quantitative estimate of drug-likeness (QED) is 0.791. The lowest BCUT2D eigenvalue weighted by Gasteiger charge is -2.39. The lowest BCUT2D eigenvalue weighted by atomic mass is 9.87. The van der Waals surface area contributed by atoms with Gasteiger partial charge in [0.1, 0.15) is 5.82 Å². The fourth-order valence-electron chi connectivity index (χ4n) is 4.16. The monoisotopic (exact) mass is 407 g/mol. The van der Waals surface area contributed by atoms with Crippen LogP contribution in [0.3, 0.4) is 0 Å². The summed E-state index contributed by atoms with van der Waals surface area (Å²) in [6.07, 6.45) is 3.14. The number of nitrogens with one attached hydrogen (secondary N) is 1. The van der Waals surface area contributed by atoms with Crippen LogP contribution in [0.5, 0.6) is 0 Å². The predicted octanol–water partition coefficient (Wildman–Crippen LogP) is 2.74. The van der Waals surface area contributed by atoms with E-state index in [0.717, 1.165) is 11.1 Å². The molecule has 0 aliphatic carbocycles. The molecule has 156 valence electrons. The van der Waals surface area contributed by atoms with E-state index in [9.17, 15) is 14.4 Å². The molecule has 1 saturated heterocycles. The number of carbonyl (C=O) groups excluding carboxylic acids is 3. The molecule has 2 aromatic rings. The molecule has 7 heteroatoms. The first-order valence-electron chi connectivity index (χ1n) is 10.2. The standard InChI is InChI=1S/C23H25N3O4/c1-15-7-10-24-19(13-15)25-20(27)16-8-11-26(12-9-16)22(29)23(2)14-17-5-3-4-6-18(17)21(28)30-23/h3-7,10,13,16H,8-9,11-12,14H2,1-2H3,(H,24,25,27). The summed E-state index contributed by atoms with van der Waals surface area (Å²) in [4.78, 5) is 44.0. The first-order valence-corrected chi connectivity index (χ1v) is 10.2. The number of carbonyl (C=O) groups is 3. The van der Waals surface area contributed by atoms with Crippen molar-refractivity contribution in [3.8, 4) is 0 Å². The lowest BCUT2D eigenvalue weighted by Crippen LogP contribution is -2.55. The number of rotatable bonds is 3. The zero-order chi connectivity index (χ0) is 21.3. The third-order valence-corrected chi connectivity index (χ3v) is 5.86. The number of esters is 1. The highest BCUT2D eigenvalue weighted by atomic mass is 16.6. The number of hydrogen-bond donors (Lipinski definition) is 1. The normalized spacial score (nSPS) is 21.5. The Kier molecular flexibility index (Phi) is 5.28. The number of anilines is 1. The zero-order valence-corrected chi connectivity index (χ0v) is 17.2. The van der Waals surface area contributed by atoms with Gasteiger partial charge in [-0.25, -0.2) is 9.78 Å². The van der Waals surface area contributed by atoms with Crippen molar-refractivity contribution in [3.05, 3.63) is 59.3 Å². The topological polar surface area (TPSA) is 88.6 Å². The van der Waals surface area contributed by atoms with E-state index in [1.807, 2.05) is 31.2 Å². The van der Waals surface area contributed by atoms with Crippen molar-refractivity contribution in [3.63, 3.8) is 0 Å². The SMILES string of the molecule is Cc1ccnc(NC(=O)C2CCN(C(=O)C3(C)Cc4ccccc4C(=O)O3)CC2)c1. The number of pyridine rings is 1. The van der Waals surface area contributed by atoms with E-state index >= 15 is 0 Å². The van der Waals surface area contributed by atoms with E-state index in [1.165, 1.54) is 0 Å². The van der Waals surface area contributed by atoms with E-state index < -0.39 is 11.6 Å². The van der Waals surface area contributed by atoms with E-state index in [4.69, 9.17) is 4.74 Å². The van der Waals surface area contributed by atoms with Crippen LogP contribution in [0.25, 0.3) is 0 Å². The van der Waals surface area contributed by atoms with Gasteiger partial charge in [-0.05, 0) is 56.0 Å². The summed E-state index contributed by atoms with van der Waals surface area (Å²) in [5.74, 6) is -0.390. The van der Waals surface area contributed by atoms with Crippen LogP contribution in [0.1, 0.15) is 41.3 Å². The highest BCUT2D eigenvalue weighted by Crippen LogP contribution is 2.31. The average Bonchev–Trinajstić information content (AvgIpc) is 2.73. The van der Waals surface area contributed by atoms with Crippen LogP contribution in [-0.2, 0) is 20.7 Å². The summed E-state index contributed by atoms with van der Waals surface area (Å²) in [5.41, 5.74) is 1.15. The minimum Gasteiger partial charge on any atom is -0.445 e. The number of fused-ring (bicyclic) bond motifs is 1. The number of amides is 2. The average molecular weight is 407 g/mol. The Bertz CT molecular complexity index is 997. The Morgan fingerprint density at radius 1 is 1.20 bits per heavy atom. The van der Waals surface area contributed by atoms with Crippen molar-refractivity contribution < 1.29 is 19.1 Å². The van der Waals surface area contributed by atoms with Gasteiger partial charge in [0.05, 0.1) is 5.56 Å². The van der Waals surface area contributed by atoms with Gasteiger partial charge in [-0.3, -0.25) is 9.59 Å². The van der Waals surface area contributed by atoms with Gasteiger partial charge in [-0.15, -0.1) is 0 Å². The van der Waals surface area contributed by atoms with Crippen molar-refractivity contribution in [1.29, 1.82) is 0 Å². The van der Waals surface area contributed by atoms with E-state index in [1.54, 1.807) is 30.2 Å². The maximum atomic E-state index is 13.2. The summed E-state index contributed by atoms with van der Waals surface area (Å²) < 4.78 is 5.56.